The number of ether oxygens (including phenoxy) is 2. The van der Waals surface area contributed by atoms with Gasteiger partial charge in [0.25, 0.3) is 0 Å². The first-order valence-corrected chi connectivity index (χ1v) is 6.60. The molecule has 2 aliphatic carbocycles. The zero-order chi connectivity index (χ0) is 12.6. The van der Waals surface area contributed by atoms with Crippen LogP contribution in [0.25, 0.3) is 0 Å². The molecule has 96 valence electrons. The van der Waals surface area contributed by atoms with Crippen molar-refractivity contribution >= 4 is 5.78 Å². The largest absolute Gasteiger partial charge is 0.490 e. The van der Waals surface area contributed by atoms with Crippen molar-refractivity contribution in [3.05, 3.63) is 29.8 Å². The number of methoxy groups -OCH3 is 1. The molecule has 3 heteroatoms. The zero-order valence-electron chi connectivity index (χ0n) is 10.6. The molecule has 0 amide bonds. The molecular weight excluding hydrogens is 228 g/mol. The van der Waals surface area contributed by atoms with Crippen LogP contribution in [0, 0.1) is 0 Å². The molecule has 0 unspecified atom stereocenters. The molecule has 0 N–H and O–H groups in total. The highest BCUT2D eigenvalue weighted by Gasteiger charge is 2.44. The number of benzene rings is 1. The van der Waals surface area contributed by atoms with E-state index in [0.717, 1.165) is 37.9 Å². The van der Waals surface area contributed by atoms with Gasteiger partial charge in [-0.3, -0.25) is 4.79 Å². The van der Waals surface area contributed by atoms with E-state index in [-0.39, 0.29) is 5.78 Å². The number of Topliss-reactive ketones (excluding diaryl/α,β-unsaturated/α-hetero) is 1. The van der Waals surface area contributed by atoms with Crippen LogP contribution in [0.1, 0.15) is 42.5 Å². The summed E-state index contributed by atoms with van der Waals surface area (Å²) in [5.74, 6) is 0.895. The number of rotatable bonds is 5. The maximum atomic E-state index is 12.5. The van der Waals surface area contributed by atoms with Gasteiger partial charge in [-0.15, -0.1) is 0 Å². The monoisotopic (exact) mass is 246 g/mol. The number of hydrogen-bond donors (Lipinski definition) is 0. The van der Waals surface area contributed by atoms with E-state index in [2.05, 4.69) is 0 Å². The Morgan fingerprint density at radius 3 is 2.67 bits per heavy atom. The second-order valence-corrected chi connectivity index (χ2v) is 5.23. The minimum Gasteiger partial charge on any atom is -0.490 e. The Hall–Kier alpha value is -1.35. The highest BCUT2D eigenvalue weighted by Crippen LogP contribution is 2.38. The van der Waals surface area contributed by atoms with Crippen molar-refractivity contribution in [1.82, 2.24) is 0 Å². The number of ketones is 1. The van der Waals surface area contributed by atoms with E-state index >= 15 is 0 Å². The lowest BCUT2D eigenvalue weighted by Crippen LogP contribution is -2.47. The molecule has 1 aromatic carbocycles. The van der Waals surface area contributed by atoms with E-state index in [1.807, 2.05) is 24.3 Å². The maximum absolute atomic E-state index is 12.5. The van der Waals surface area contributed by atoms with Gasteiger partial charge in [-0.1, -0.05) is 12.1 Å². The van der Waals surface area contributed by atoms with Gasteiger partial charge in [-0.05, 0) is 44.2 Å². The normalized spacial score (nSPS) is 21.2. The summed E-state index contributed by atoms with van der Waals surface area (Å²) in [5, 5.41) is 0. The van der Waals surface area contributed by atoms with E-state index in [1.165, 1.54) is 0 Å². The van der Waals surface area contributed by atoms with Crippen molar-refractivity contribution in [2.75, 3.05) is 7.11 Å². The van der Waals surface area contributed by atoms with Gasteiger partial charge in [0.05, 0.1) is 6.10 Å². The third-order valence-corrected chi connectivity index (χ3v) is 3.89. The predicted molar refractivity (Wildman–Crippen MR) is 68.0 cm³/mol. The van der Waals surface area contributed by atoms with Crippen LogP contribution in [0.5, 0.6) is 5.75 Å². The third-order valence-electron chi connectivity index (χ3n) is 3.89. The van der Waals surface area contributed by atoms with Crippen LogP contribution in [-0.4, -0.2) is 24.6 Å². The standard InChI is InChI=1S/C15H18O3/c1-17-15(8-3-9-15)14(16)11-4-2-5-13(10-11)18-12-6-7-12/h2,4-5,10,12H,3,6-9H2,1H3. The summed E-state index contributed by atoms with van der Waals surface area (Å²) in [6, 6.07) is 7.49. The molecule has 3 nitrogen and oxygen atoms in total. The highest BCUT2D eigenvalue weighted by atomic mass is 16.5. The molecule has 3 rings (SSSR count). The Labute approximate surface area is 107 Å². The molecule has 2 saturated carbocycles. The van der Waals surface area contributed by atoms with Crippen LogP contribution in [0.3, 0.4) is 0 Å². The highest BCUT2D eigenvalue weighted by molar-refractivity contribution is 6.03. The summed E-state index contributed by atoms with van der Waals surface area (Å²) < 4.78 is 11.2. The molecule has 0 aromatic heterocycles. The fourth-order valence-electron chi connectivity index (χ4n) is 2.37. The van der Waals surface area contributed by atoms with Gasteiger partial charge < -0.3 is 9.47 Å². The minimum atomic E-state index is -0.571. The summed E-state index contributed by atoms with van der Waals surface area (Å²) in [4.78, 5) is 12.5. The average molecular weight is 246 g/mol. The van der Waals surface area contributed by atoms with E-state index in [1.54, 1.807) is 7.11 Å². The smallest absolute Gasteiger partial charge is 0.194 e. The lowest BCUT2D eigenvalue weighted by molar-refractivity contribution is -0.0448. The fourth-order valence-corrected chi connectivity index (χ4v) is 2.37. The van der Waals surface area contributed by atoms with E-state index < -0.39 is 5.60 Å². The lowest BCUT2D eigenvalue weighted by Gasteiger charge is -2.38. The molecule has 0 radical (unpaired) electrons. The van der Waals surface area contributed by atoms with Crippen molar-refractivity contribution in [1.29, 1.82) is 0 Å². The van der Waals surface area contributed by atoms with Crippen molar-refractivity contribution in [3.8, 4) is 5.75 Å². The van der Waals surface area contributed by atoms with Crippen molar-refractivity contribution in [3.63, 3.8) is 0 Å². The Bertz CT molecular complexity index is 453. The average Bonchev–Trinajstić information content (AvgIpc) is 3.12. The lowest BCUT2D eigenvalue weighted by atomic mass is 9.75. The SMILES string of the molecule is COC1(C(=O)c2cccc(OC3CC3)c2)CCC1. The second kappa shape index (κ2) is 4.39. The molecule has 2 aliphatic rings. The first-order valence-electron chi connectivity index (χ1n) is 6.60. The first-order chi connectivity index (χ1) is 8.73. The maximum Gasteiger partial charge on any atom is 0.194 e. The topological polar surface area (TPSA) is 35.5 Å². The Morgan fingerprint density at radius 1 is 1.33 bits per heavy atom. The van der Waals surface area contributed by atoms with Gasteiger partial charge >= 0.3 is 0 Å². The molecule has 18 heavy (non-hydrogen) atoms. The van der Waals surface area contributed by atoms with Crippen molar-refractivity contribution in [2.45, 2.75) is 43.8 Å². The second-order valence-electron chi connectivity index (χ2n) is 5.23. The Kier molecular flexibility index (Phi) is 2.86. The van der Waals surface area contributed by atoms with Crippen LogP contribution in [0.15, 0.2) is 24.3 Å². The molecule has 2 fully saturated rings. The molecule has 0 atom stereocenters. The van der Waals surface area contributed by atoms with E-state index in [9.17, 15) is 4.79 Å². The van der Waals surface area contributed by atoms with Crippen LogP contribution in [-0.2, 0) is 4.74 Å². The minimum absolute atomic E-state index is 0.0949. The van der Waals surface area contributed by atoms with Gasteiger partial charge in [0.15, 0.2) is 5.78 Å². The van der Waals surface area contributed by atoms with Gasteiger partial charge in [0.2, 0.25) is 0 Å². The van der Waals surface area contributed by atoms with Gasteiger partial charge in [-0.25, -0.2) is 0 Å². The van der Waals surface area contributed by atoms with Crippen molar-refractivity contribution in [2.24, 2.45) is 0 Å². The van der Waals surface area contributed by atoms with Crippen LogP contribution in [0.2, 0.25) is 0 Å². The number of hydrogen-bond acceptors (Lipinski definition) is 3. The van der Waals surface area contributed by atoms with Gasteiger partial charge in [0.1, 0.15) is 11.4 Å². The zero-order valence-corrected chi connectivity index (χ0v) is 10.6. The van der Waals surface area contributed by atoms with Gasteiger partial charge in [-0.2, -0.15) is 0 Å². The summed E-state index contributed by atoms with van der Waals surface area (Å²) in [5.41, 5.74) is 0.132. The summed E-state index contributed by atoms with van der Waals surface area (Å²) in [6.07, 6.45) is 5.33. The summed E-state index contributed by atoms with van der Waals surface area (Å²) in [6.45, 7) is 0. The summed E-state index contributed by atoms with van der Waals surface area (Å²) in [7, 11) is 1.63. The molecule has 0 aliphatic heterocycles. The van der Waals surface area contributed by atoms with Crippen LogP contribution >= 0.6 is 0 Å². The third kappa shape index (κ3) is 2.03. The molecule has 0 heterocycles. The van der Waals surface area contributed by atoms with Crippen LogP contribution in [0.4, 0.5) is 0 Å². The van der Waals surface area contributed by atoms with E-state index in [0.29, 0.717) is 11.7 Å². The first kappa shape index (κ1) is 11.7. The number of carbonyl (C=O) groups is 1. The molecule has 1 aromatic rings. The molecule has 0 bridgehead atoms. The Balaban J connectivity index is 1.80. The molecular formula is C15H18O3. The molecule has 0 saturated heterocycles. The fraction of sp³-hybridized carbons (Fsp3) is 0.533. The van der Waals surface area contributed by atoms with Gasteiger partial charge in [0, 0.05) is 12.7 Å². The van der Waals surface area contributed by atoms with Crippen molar-refractivity contribution < 1.29 is 14.3 Å². The molecule has 0 spiro atoms. The van der Waals surface area contributed by atoms with Crippen LogP contribution < -0.4 is 4.74 Å². The predicted octanol–water partition coefficient (Wildman–Crippen LogP) is 2.98. The summed E-state index contributed by atoms with van der Waals surface area (Å²) >= 11 is 0. The quantitative estimate of drug-likeness (QED) is 0.749. The number of carbonyl (C=O) groups excluding carboxylic acids is 1. The Morgan fingerprint density at radius 2 is 2.11 bits per heavy atom. The van der Waals surface area contributed by atoms with E-state index in [4.69, 9.17) is 9.47 Å².